The molecule has 2 aromatic heterocycles. The molecule has 0 spiro atoms. The zero-order chi connectivity index (χ0) is 21.5. The van der Waals surface area contributed by atoms with Crippen molar-refractivity contribution in [3.63, 3.8) is 0 Å². The number of aryl methyl sites for hydroxylation is 1. The summed E-state index contributed by atoms with van der Waals surface area (Å²) < 4.78 is 22.8. The molecule has 4 rings (SSSR count). The standard InChI is InChI=1S/C25H28O5/c1-15(11-19-12-16(2)14-28-19)7-6-10-25(4)17(3)22-23(30-25)20-9-8-18(27-5)13-21(20)29-24(22)26/h7-9,12-14,17H,6,10-11H2,1-5H3/b15-7+/t17-,25+/m0/s1. The Hall–Kier alpha value is -2.95. The van der Waals surface area contributed by atoms with Gasteiger partial charge in [-0.1, -0.05) is 18.6 Å². The number of hydrogen-bond acceptors (Lipinski definition) is 5. The molecule has 0 fully saturated rings. The lowest BCUT2D eigenvalue weighted by Crippen LogP contribution is -2.33. The van der Waals surface area contributed by atoms with Gasteiger partial charge in [-0.3, -0.25) is 0 Å². The molecule has 158 valence electrons. The molecular formula is C25H28O5. The summed E-state index contributed by atoms with van der Waals surface area (Å²) in [6.45, 7) is 8.26. The highest BCUT2D eigenvalue weighted by Gasteiger charge is 2.44. The van der Waals surface area contributed by atoms with Crippen LogP contribution in [0.25, 0.3) is 11.0 Å². The van der Waals surface area contributed by atoms with Gasteiger partial charge in [0.15, 0.2) is 0 Å². The molecule has 0 bridgehead atoms. The van der Waals surface area contributed by atoms with Crippen LogP contribution in [0.1, 0.15) is 56.4 Å². The molecule has 5 nitrogen and oxygen atoms in total. The van der Waals surface area contributed by atoms with Crippen molar-refractivity contribution in [2.75, 3.05) is 7.11 Å². The van der Waals surface area contributed by atoms with Crippen LogP contribution in [-0.2, 0) is 6.42 Å². The second-order valence-electron chi connectivity index (χ2n) is 8.49. The number of benzene rings is 1. The topological polar surface area (TPSA) is 61.8 Å². The Morgan fingerprint density at radius 1 is 1.30 bits per heavy atom. The van der Waals surface area contributed by atoms with Gasteiger partial charge < -0.3 is 18.3 Å². The second kappa shape index (κ2) is 7.71. The van der Waals surface area contributed by atoms with Crippen LogP contribution in [0.2, 0.25) is 0 Å². The molecule has 0 N–H and O–H groups in total. The fourth-order valence-electron chi connectivity index (χ4n) is 4.21. The SMILES string of the molecule is COc1ccc2c3c(c(=O)oc2c1)[C@H](C)[C@@](C)(CC/C=C(\C)Cc1cc(C)co1)O3. The van der Waals surface area contributed by atoms with E-state index in [1.165, 1.54) is 5.57 Å². The van der Waals surface area contributed by atoms with Crippen LogP contribution in [0.15, 0.2) is 55.8 Å². The summed E-state index contributed by atoms with van der Waals surface area (Å²) in [5.74, 6) is 2.21. The molecule has 0 unspecified atom stereocenters. The van der Waals surface area contributed by atoms with Crippen molar-refractivity contribution in [3.8, 4) is 11.5 Å². The van der Waals surface area contributed by atoms with Crippen LogP contribution in [0.3, 0.4) is 0 Å². The molecule has 1 aliphatic rings. The van der Waals surface area contributed by atoms with Crippen molar-refractivity contribution >= 4 is 11.0 Å². The zero-order valence-corrected chi connectivity index (χ0v) is 18.2. The van der Waals surface area contributed by atoms with Gasteiger partial charge in [0.25, 0.3) is 0 Å². The summed E-state index contributed by atoms with van der Waals surface area (Å²) in [5.41, 5.74) is 2.71. The fourth-order valence-corrected chi connectivity index (χ4v) is 4.21. The number of fused-ring (bicyclic) bond motifs is 3. The van der Waals surface area contributed by atoms with Crippen LogP contribution in [0, 0.1) is 6.92 Å². The molecule has 5 heteroatoms. The average molecular weight is 408 g/mol. The Bertz CT molecular complexity index is 1170. The average Bonchev–Trinajstić information content (AvgIpc) is 3.22. The molecule has 1 aliphatic heterocycles. The smallest absolute Gasteiger partial charge is 0.343 e. The van der Waals surface area contributed by atoms with Gasteiger partial charge in [-0.15, -0.1) is 0 Å². The van der Waals surface area contributed by atoms with Gasteiger partial charge in [-0.05, 0) is 57.4 Å². The van der Waals surface area contributed by atoms with E-state index in [0.717, 1.165) is 36.0 Å². The third-order valence-electron chi connectivity index (χ3n) is 6.16. The van der Waals surface area contributed by atoms with Crippen LogP contribution in [0.5, 0.6) is 11.5 Å². The summed E-state index contributed by atoms with van der Waals surface area (Å²) >= 11 is 0. The van der Waals surface area contributed by atoms with Gasteiger partial charge in [0.1, 0.15) is 28.4 Å². The van der Waals surface area contributed by atoms with Crippen LogP contribution in [0.4, 0.5) is 0 Å². The molecular weight excluding hydrogens is 380 g/mol. The zero-order valence-electron chi connectivity index (χ0n) is 18.2. The number of furan rings is 1. The van der Waals surface area contributed by atoms with E-state index < -0.39 is 5.60 Å². The molecule has 0 amide bonds. The Labute approximate surface area is 176 Å². The molecule has 0 radical (unpaired) electrons. The first-order valence-electron chi connectivity index (χ1n) is 10.3. The summed E-state index contributed by atoms with van der Waals surface area (Å²) in [4.78, 5) is 12.7. The second-order valence-corrected chi connectivity index (χ2v) is 8.49. The van der Waals surface area contributed by atoms with Gasteiger partial charge >= 0.3 is 5.63 Å². The molecule has 0 aliphatic carbocycles. The largest absolute Gasteiger partial charge is 0.497 e. The Morgan fingerprint density at radius 2 is 2.10 bits per heavy atom. The Balaban J connectivity index is 1.54. The van der Waals surface area contributed by atoms with E-state index in [9.17, 15) is 4.79 Å². The van der Waals surface area contributed by atoms with Crippen molar-refractivity contribution in [2.45, 2.75) is 58.5 Å². The van der Waals surface area contributed by atoms with E-state index in [1.54, 1.807) is 19.4 Å². The van der Waals surface area contributed by atoms with E-state index >= 15 is 0 Å². The summed E-state index contributed by atoms with van der Waals surface area (Å²) in [7, 11) is 1.59. The maximum absolute atomic E-state index is 12.7. The predicted molar refractivity (Wildman–Crippen MR) is 117 cm³/mol. The van der Waals surface area contributed by atoms with Gasteiger partial charge in [-0.25, -0.2) is 4.79 Å². The minimum absolute atomic E-state index is 0.0586. The Kier molecular flexibility index (Phi) is 5.22. The van der Waals surface area contributed by atoms with Crippen molar-refractivity contribution in [3.05, 3.63) is 69.5 Å². The normalized spacial score (nSPS) is 21.0. The maximum atomic E-state index is 12.7. The lowest BCUT2D eigenvalue weighted by molar-refractivity contribution is 0.0862. The van der Waals surface area contributed by atoms with Gasteiger partial charge in [0, 0.05) is 18.4 Å². The summed E-state index contributed by atoms with van der Waals surface area (Å²) in [6, 6.07) is 7.54. The lowest BCUT2D eigenvalue weighted by atomic mass is 9.84. The highest BCUT2D eigenvalue weighted by atomic mass is 16.5. The van der Waals surface area contributed by atoms with E-state index in [1.807, 2.05) is 26.0 Å². The van der Waals surface area contributed by atoms with Gasteiger partial charge in [0.2, 0.25) is 0 Å². The van der Waals surface area contributed by atoms with Gasteiger partial charge in [0.05, 0.1) is 24.3 Å². The molecule has 0 saturated carbocycles. The number of rotatable bonds is 6. The number of methoxy groups -OCH3 is 1. The van der Waals surface area contributed by atoms with Crippen molar-refractivity contribution in [1.82, 2.24) is 0 Å². The van der Waals surface area contributed by atoms with E-state index in [4.69, 9.17) is 18.3 Å². The fraction of sp³-hybridized carbons (Fsp3) is 0.400. The molecule has 2 atom stereocenters. The van der Waals surface area contributed by atoms with E-state index in [0.29, 0.717) is 22.6 Å². The first-order valence-corrected chi connectivity index (χ1v) is 10.3. The van der Waals surface area contributed by atoms with Gasteiger partial charge in [-0.2, -0.15) is 0 Å². The molecule has 30 heavy (non-hydrogen) atoms. The number of allylic oxidation sites excluding steroid dienone is 2. The molecule has 0 saturated heterocycles. The van der Waals surface area contributed by atoms with Crippen molar-refractivity contribution < 1.29 is 18.3 Å². The quantitative estimate of drug-likeness (QED) is 0.374. The first kappa shape index (κ1) is 20.3. The molecule has 3 heterocycles. The van der Waals surface area contributed by atoms with E-state index in [2.05, 4.69) is 26.0 Å². The van der Waals surface area contributed by atoms with Crippen molar-refractivity contribution in [2.24, 2.45) is 0 Å². The van der Waals surface area contributed by atoms with E-state index in [-0.39, 0.29) is 11.5 Å². The molecule has 1 aromatic carbocycles. The third-order valence-corrected chi connectivity index (χ3v) is 6.16. The highest BCUT2D eigenvalue weighted by Crippen LogP contribution is 2.48. The minimum atomic E-state index is -0.469. The van der Waals surface area contributed by atoms with Crippen LogP contribution < -0.4 is 15.1 Å². The lowest BCUT2D eigenvalue weighted by Gasteiger charge is -2.28. The summed E-state index contributed by atoms with van der Waals surface area (Å²) in [6.07, 6.45) is 6.47. The predicted octanol–water partition coefficient (Wildman–Crippen LogP) is 5.93. The number of ether oxygens (including phenoxy) is 2. The first-order chi connectivity index (χ1) is 14.3. The summed E-state index contributed by atoms with van der Waals surface area (Å²) in [5, 5.41) is 0.806. The molecule has 3 aromatic rings. The third kappa shape index (κ3) is 3.64. The minimum Gasteiger partial charge on any atom is -0.497 e. The number of hydrogen-bond donors (Lipinski definition) is 0. The Morgan fingerprint density at radius 3 is 2.80 bits per heavy atom. The highest BCUT2D eigenvalue weighted by molar-refractivity contribution is 5.86. The maximum Gasteiger partial charge on any atom is 0.343 e. The monoisotopic (exact) mass is 408 g/mol. The van der Waals surface area contributed by atoms with Crippen LogP contribution in [-0.4, -0.2) is 12.7 Å². The van der Waals surface area contributed by atoms with Crippen molar-refractivity contribution in [1.29, 1.82) is 0 Å². The van der Waals surface area contributed by atoms with Crippen LogP contribution >= 0.6 is 0 Å².